The summed E-state index contributed by atoms with van der Waals surface area (Å²) in [5.41, 5.74) is 5.59. The molecule has 0 aliphatic heterocycles. The minimum atomic E-state index is -0.196. The first-order valence-corrected chi connectivity index (χ1v) is 4.38. The highest BCUT2D eigenvalue weighted by molar-refractivity contribution is 5.05. The van der Waals surface area contributed by atoms with Crippen molar-refractivity contribution in [2.75, 3.05) is 0 Å². The van der Waals surface area contributed by atoms with Crippen LogP contribution in [0.5, 0.6) is 0 Å². The lowest BCUT2D eigenvalue weighted by Crippen LogP contribution is -2.39. The Morgan fingerprint density at radius 2 is 1.91 bits per heavy atom. The summed E-state index contributed by atoms with van der Waals surface area (Å²) in [6.45, 7) is 1.95. The van der Waals surface area contributed by atoms with Crippen molar-refractivity contribution in [1.82, 2.24) is 0 Å². The van der Waals surface area contributed by atoms with Gasteiger partial charge in [-0.15, -0.1) is 0 Å². The van der Waals surface area contributed by atoms with Gasteiger partial charge in [-0.2, -0.15) is 5.26 Å². The number of nitriles is 1. The van der Waals surface area contributed by atoms with Gasteiger partial charge in [0.1, 0.15) is 0 Å². The summed E-state index contributed by atoms with van der Waals surface area (Å²) in [4.78, 5) is 0. The molecule has 0 amide bonds. The van der Waals surface area contributed by atoms with E-state index in [4.69, 9.17) is 11.0 Å². The zero-order valence-electron chi connectivity index (χ0n) is 7.14. The molecule has 0 aromatic carbocycles. The van der Waals surface area contributed by atoms with Crippen LogP contribution < -0.4 is 5.73 Å². The number of rotatable bonds is 1. The molecule has 2 N–H and O–H groups in total. The van der Waals surface area contributed by atoms with Crippen LogP contribution in [-0.4, -0.2) is 6.04 Å². The summed E-state index contributed by atoms with van der Waals surface area (Å²) in [6, 6.07) is 2.43. The molecule has 1 atom stereocenters. The van der Waals surface area contributed by atoms with E-state index in [9.17, 15) is 0 Å². The highest BCUT2D eigenvalue weighted by Gasteiger charge is 2.35. The fourth-order valence-electron chi connectivity index (χ4n) is 1.85. The molecule has 1 aliphatic rings. The van der Waals surface area contributed by atoms with Gasteiger partial charge in [0.2, 0.25) is 0 Å². The fourth-order valence-corrected chi connectivity index (χ4v) is 1.85. The number of hydrogen-bond acceptors (Lipinski definition) is 2. The maximum Gasteiger partial charge on any atom is 0.0721 e. The van der Waals surface area contributed by atoms with Crippen LogP contribution in [0.4, 0.5) is 0 Å². The molecule has 0 bridgehead atoms. The second-order valence-electron chi connectivity index (χ2n) is 3.62. The highest BCUT2D eigenvalue weighted by atomic mass is 14.7. The van der Waals surface area contributed by atoms with Gasteiger partial charge in [-0.25, -0.2) is 0 Å². The van der Waals surface area contributed by atoms with Crippen molar-refractivity contribution < 1.29 is 0 Å². The van der Waals surface area contributed by atoms with E-state index >= 15 is 0 Å². The van der Waals surface area contributed by atoms with E-state index in [0.717, 1.165) is 12.8 Å². The fraction of sp³-hybridized carbons (Fsp3) is 0.889. The molecule has 0 radical (unpaired) electrons. The van der Waals surface area contributed by atoms with Crippen molar-refractivity contribution in [2.24, 2.45) is 11.1 Å². The predicted octanol–water partition coefficient (Wildman–Crippen LogP) is 1.81. The van der Waals surface area contributed by atoms with Gasteiger partial charge < -0.3 is 5.73 Å². The molecule has 1 saturated carbocycles. The van der Waals surface area contributed by atoms with Crippen LogP contribution in [0.2, 0.25) is 0 Å². The van der Waals surface area contributed by atoms with Gasteiger partial charge in [0.25, 0.3) is 0 Å². The third kappa shape index (κ3) is 1.54. The molecule has 0 spiro atoms. The van der Waals surface area contributed by atoms with Gasteiger partial charge in [0.15, 0.2) is 0 Å². The number of nitrogens with zero attached hydrogens (tertiary/aromatic N) is 1. The van der Waals surface area contributed by atoms with E-state index in [-0.39, 0.29) is 11.5 Å². The standard InChI is InChI=1S/C9H16N2/c1-8(11)9(7-10)5-3-2-4-6-9/h8H,2-6,11H2,1H3/t8-/m1/s1. The van der Waals surface area contributed by atoms with E-state index in [0.29, 0.717) is 0 Å². The molecule has 0 aromatic heterocycles. The molecule has 1 fully saturated rings. The quantitative estimate of drug-likeness (QED) is 0.623. The van der Waals surface area contributed by atoms with Crippen LogP contribution in [-0.2, 0) is 0 Å². The minimum absolute atomic E-state index is 0.0350. The Labute approximate surface area is 68.4 Å². The normalized spacial score (nSPS) is 25.5. The van der Waals surface area contributed by atoms with Crippen LogP contribution in [0.15, 0.2) is 0 Å². The molecule has 0 unspecified atom stereocenters. The third-order valence-electron chi connectivity index (χ3n) is 2.84. The second-order valence-corrected chi connectivity index (χ2v) is 3.62. The lowest BCUT2D eigenvalue weighted by Gasteiger charge is -2.33. The van der Waals surface area contributed by atoms with Crippen LogP contribution in [0.3, 0.4) is 0 Å². The van der Waals surface area contributed by atoms with Gasteiger partial charge in [0.05, 0.1) is 11.5 Å². The summed E-state index contributed by atoms with van der Waals surface area (Å²) >= 11 is 0. The summed E-state index contributed by atoms with van der Waals surface area (Å²) in [7, 11) is 0. The van der Waals surface area contributed by atoms with E-state index < -0.39 is 0 Å². The van der Waals surface area contributed by atoms with Crippen molar-refractivity contribution in [2.45, 2.75) is 45.1 Å². The Hall–Kier alpha value is -0.550. The van der Waals surface area contributed by atoms with Gasteiger partial charge in [-0.1, -0.05) is 19.3 Å². The van der Waals surface area contributed by atoms with Gasteiger partial charge >= 0.3 is 0 Å². The Kier molecular flexibility index (Phi) is 2.51. The number of hydrogen-bond donors (Lipinski definition) is 1. The van der Waals surface area contributed by atoms with Gasteiger partial charge in [-0.3, -0.25) is 0 Å². The van der Waals surface area contributed by atoms with Gasteiger partial charge in [-0.05, 0) is 19.8 Å². The Morgan fingerprint density at radius 1 is 1.36 bits per heavy atom. The Bertz CT molecular complexity index is 161. The van der Waals surface area contributed by atoms with E-state index in [1.54, 1.807) is 0 Å². The van der Waals surface area contributed by atoms with Crippen molar-refractivity contribution in [3.63, 3.8) is 0 Å². The van der Waals surface area contributed by atoms with E-state index in [1.807, 2.05) is 6.92 Å². The van der Waals surface area contributed by atoms with Gasteiger partial charge in [0, 0.05) is 6.04 Å². The molecule has 1 rings (SSSR count). The second kappa shape index (κ2) is 3.23. The van der Waals surface area contributed by atoms with E-state index in [2.05, 4.69) is 6.07 Å². The smallest absolute Gasteiger partial charge is 0.0721 e. The SMILES string of the molecule is C[C@@H](N)C1(C#N)CCCCC1. The maximum absolute atomic E-state index is 8.98. The molecule has 0 heterocycles. The lowest BCUT2D eigenvalue weighted by molar-refractivity contribution is 0.228. The first kappa shape index (κ1) is 8.55. The molecule has 11 heavy (non-hydrogen) atoms. The zero-order chi connectivity index (χ0) is 8.32. The topological polar surface area (TPSA) is 49.8 Å². The van der Waals surface area contributed by atoms with Crippen molar-refractivity contribution in [3.8, 4) is 6.07 Å². The molecular weight excluding hydrogens is 136 g/mol. The predicted molar refractivity (Wildman–Crippen MR) is 44.8 cm³/mol. The largest absolute Gasteiger partial charge is 0.327 e. The molecule has 0 aromatic rings. The number of nitrogens with two attached hydrogens (primary N) is 1. The monoisotopic (exact) mass is 152 g/mol. The average molecular weight is 152 g/mol. The average Bonchev–Trinajstić information content (AvgIpc) is 2.05. The molecule has 62 valence electrons. The molecule has 2 nitrogen and oxygen atoms in total. The van der Waals surface area contributed by atoms with E-state index in [1.165, 1.54) is 19.3 Å². The first-order chi connectivity index (χ1) is 5.21. The minimum Gasteiger partial charge on any atom is -0.327 e. The van der Waals surface area contributed by atoms with Crippen LogP contribution in [0, 0.1) is 16.7 Å². The van der Waals surface area contributed by atoms with Crippen LogP contribution in [0.1, 0.15) is 39.0 Å². The lowest BCUT2D eigenvalue weighted by atomic mass is 9.71. The van der Waals surface area contributed by atoms with Crippen molar-refractivity contribution in [1.29, 1.82) is 5.26 Å². The third-order valence-corrected chi connectivity index (χ3v) is 2.84. The van der Waals surface area contributed by atoms with Crippen LogP contribution >= 0.6 is 0 Å². The van der Waals surface area contributed by atoms with Crippen molar-refractivity contribution in [3.05, 3.63) is 0 Å². The Balaban J connectivity index is 2.67. The summed E-state index contributed by atoms with van der Waals surface area (Å²) < 4.78 is 0. The molecular formula is C9H16N2. The molecule has 2 heteroatoms. The summed E-state index contributed by atoms with van der Waals surface area (Å²) in [6.07, 6.45) is 5.63. The summed E-state index contributed by atoms with van der Waals surface area (Å²) in [5.74, 6) is 0. The van der Waals surface area contributed by atoms with Crippen LogP contribution in [0.25, 0.3) is 0 Å². The zero-order valence-corrected chi connectivity index (χ0v) is 7.14. The summed E-state index contributed by atoms with van der Waals surface area (Å²) in [5, 5.41) is 8.98. The molecule has 1 aliphatic carbocycles. The van der Waals surface area contributed by atoms with Crippen molar-refractivity contribution >= 4 is 0 Å². The highest BCUT2D eigenvalue weighted by Crippen LogP contribution is 2.37. The first-order valence-electron chi connectivity index (χ1n) is 4.38. The Morgan fingerprint density at radius 3 is 2.18 bits per heavy atom. The molecule has 0 saturated heterocycles. The maximum atomic E-state index is 8.98.